The Labute approximate surface area is 134 Å². The van der Waals surface area contributed by atoms with Crippen molar-refractivity contribution < 1.29 is 18.7 Å². The van der Waals surface area contributed by atoms with Gasteiger partial charge in [0.25, 0.3) is 0 Å². The number of carbonyl (C=O) groups is 1. The molecule has 1 N–H and O–H groups in total. The third kappa shape index (κ3) is 4.85. The van der Waals surface area contributed by atoms with Crippen LogP contribution < -0.4 is 14.8 Å². The van der Waals surface area contributed by atoms with Crippen LogP contribution in [0.25, 0.3) is 6.08 Å². The molecule has 0 unspecified atom stereocenters. The molecular formula is C18H18FNO3. The van der Waals surface area contributed by atoms with Crippen LogP contribution in [0.15, 0.2) is 48.5 Å². The van der Waals surface area contributed by atoms with E-state index in [0.29, 0.717) is 23.8 Å². The van der Waals surface area contributed by atoms with Crippen LogP contribution in [0.3, 0.4) is 0 Å². The molecule has 0 spiro atoms. The normalized spacial score (nSPS) is 10.6. The highest BCUT2D eigenvalue weighted by atomic mass is 19.1. The van der Waals surface area contributed by atoms with Gasteiger partial charge >= 0.3 is 0 Å². The first-order valence-electron chi connectivity index (χ1n) is 7.18. The lowest BCUT2D eigenvalue weighted by molar-refractivity contribution is -0.111. The molecule has 120 valence electrons. The summed E-state index contributed by atoms with van der Waals surface area (Å²) in [6.07, 6.45) is 3.07. The van der Waals surface area contributed by atoms with Gasteiger partial charge in [0.05, 0.1) is 13.7 Å². The lowest BCUT2D eigenvalue weighted by atomic mass is 10.2. The summed E-state index contributed by atoms with van der Waals surface area (Å²) in [5.41, 5.74) is 1.34. The minimum absolute atomic E-state index is 0.301. The lowest BCUT2D eigenvalue weighted by Crippen LogP contribution is -2.07. The van der Waals surface area contributed by atoms with E-state index >= 15 is 0 Å². The van der Waals surface area contributed by atoms with E-state index in [-0.39, 0.29) is 11.7 Å². The Balaban J connectivity index is 2.05. The van der Waals surface area contributed by atoms with Gasteiger partial charge in [-0.25, -0.2) is 4.39 Å². The second-order valence-corrected chi connectivity index (χ2v) is 4.67. The fraction of sp³-hybridized carbons (Fsp3) is 0.167. The Kier molecular flexibility index (Phi) is 5.74. The second kappa shape index (κ2) is 7.98. The van der Waals surface area contributed by atoms with Crippen molar-refractivity contribution in [3.05, 3.63) is 59.9 Å². The molecule has 0 aliphatic rings. The quantitative estimate of drug-likeness (QED) is 0.823. The summed E-state index contributed by atoms with van der Waals surface area (Å²) >= 11 is 0. The highest BCUT2D eigenvalue weighted by molar-refractivity contribution is 6.01. The van der Waals surface area contributed by atoms with Gasteiger partial charge < -0.3 is 14.8 Å². The fourth-order valence-electron chi connectivity index (χ4n) is 1.95. The molecule has 0 heterocycles. The smallest absolute Gasteiger partial charge is 0.248 e. The number of rotatable bonds is 6. The van der Waals surface area contributed by atoms with Crippen molar-refractivity contribution in [1.29, 1.82) is 0 Å². The molecule has 2 aromatic rings. The highest BCUT2D eigenvalue weighted by Gasteiger charge is 2.04. The largest absolute Gasteiger partial charge is 0.493 e. The predicted molar refractivity (Wildman–Crippen MR) is 88.2 cm³/mol. The predicted octanol–water partition coefficient (Wildman–Crippen LogP) is 3.88. The van der Waals surface area contributed by atoms with E-state index in [2.05, 4.69) is 5.32 Å². The molecule has 0 saturated heterocycles. The maximum Gasteiger partial charge on any atom is 0.248 e. The first-order chi connectivity index (χ1) is 11.1. The Hall–Kier alpha value is -2.82. The number of ether oxygens (including phenoxy) is 2. The van der Waals surface area contributed by atoms with Crippen LogP contribution >= 0.6 is 0 Å². The van der Waals surface area contributed by atoms with E-state index in [1.165, 1.54) is 30.3 Å². The number of nitrogens with one attached hydrogen (secondary N) is 1. The van der Waals surface area contributed by atoms with Gasteiger partial charge in [-0.1, -0.05) is 6.07 Å². The number of methoxy groups -OCH3 is 1. The maximum absolute atomic E-state index is 12.8. The van der Waals surface area contributed by atoms with Crippen molar-refractivity contribution in [2.75, 3.05) is 19.0 Å². The van der Waals surface area contributed by atoms with Gasteiger partial charge in [-0.15, -0.1) is 0 Å². The molecule has 1 amide bonds. The zero-order chi connectivity index (χ0) is 16.7. The monoisotopic (exact) mass is 315 g/mol. The summed E-state index contributed by atoms with van der Waals surface area (Å²) in [6, 6.07) is 11.0. The van der Waals surface area contributed by atoms with E-state index in [1.54, 1.807) is 25.3 Å². The van der Waals surface area contributed by atoms with Crippen LogP contribution in [0.2, 0.25) is 0 Å². The Bertz CT molecular complexity index is 696. The number of benzene rings is 2. The lowest BCUT2D eigenvalue weighted by Gasteiger charge is -2.09. The van der Waals surface area contributed by atoms with Gasteiger partial charge in [0, 0.05) is 11.8 Å². The highest BCUT2D eigenvalue weighted by Crippen LogP contribution is 2.28. The molecule has 5 heteroatoms. The standard InChI is InChI=1S/C18H18FNO3/c1-3-23-17-12-13(4-10-16(17)22-2)5-11-18(21)20-15-8-6-14(19)7-9-15/h4-12H,3H2,1-2H3,(H,20,21)/b11-5+. The summed E-state index contributed by atoms with van der Waals surface area (Å²) < 4.78 is 23.5. The van der Waals surface area contributed by atoms with Gasteiger partial charge in [0.15, 0.2) is 11.5 Å². The SMILES string of the molecule is CCOc1cc(/C=C/C(=O)Nc2ccc(F)cc2)ccc1OC. The molecule has 0 radical (unpaired) electrons. The van der Waals surface area contributed by atoms with Gasteiger partial charge in [-0.05, 0) is 55.0 Å². The van der Waals surface area contributed by atoms with E-state index in [0.717, 1.165) is 5.56 Å². The molecule has 0 fully saturated rings. The number of hydrogen-bond donors (Lipinski definition) is 1. The molecule has 0 aliphatic heterocycles. The first-order valence-corrected chi connectivity index (χ1v) is 7.18. The van der Waals surface area contributed by atoms with E-state index < -0.39 is 0 Å². The van der Waals surface area contributed by atoms with E-state index in [4.69, 9.17) is 9.47 Å². The van der Waals surface area contributed by atoms with Crippen molar-refractivity contribution in [1.82, 2.24) is 0 Å². The third-order valence-corrected chi connectivity index (χ3v) is 3.03. The molecule has 2 rings (SSSR count). The molecular weight excluding hydrogens is 297 g/mol. The fourth-order valence-corrected chi connectivity index (χ4v) is 1.95. The third-order valence-electron chi connectivity index (χ3n) is 3.03. The Morgan fingerprint density at radius 3 is 2.57 bits per heavy atom. The summed E-state index contributed by atoms with van der Waals surface area (Å²) in [5, 5.41) is 2.65. The molecule has 0 aromatic heterocycles. The van der Waals surface area contributed by atoms with Gasteiger partial charge in [-0.2, -0.15) is 0 Å². The Morgan fingerprint density at radius 1 is 1.17 bits per heavy atom. The molecule has 0 aliphatic carbocycles. The van der Waals surface area contributed by atoms with Crippen LogP contribution in [-0.2, 0) is 4.79 Å². The Morgan fingerprint density at radius 2 is 1.91 bits per heavy atom. The average Bonchev–Trinajstić information content (AvgIpc) is 2.56. The summed E-state index contributed by atoms with van der Waals surface area (Å²) in [5.74, 6) is 0.612. The zero-order valence-corrected chi connectivity index (χ0v) is 13.0. The van der Waals surface area contributed by atoms with E-state index in [9.17, 15) is 9.18 Å². The maximum atomic E-state index is 12.8. The molecule has 2 aromatic carbocycles. The summed E-state index contributed by atoms with van der Waals surface area (Å²) in [4.78, 5) is 11.9. The van der Waals surface area contributed by atoms with Crippen LogP contribution in [0, 0.1) is 5.82 Å². The number of hydrogen-bond acceptors (Lipinski definition) is 3. The van der Waals surface area contributed by atoms with Crippen molar-refractivity contribution in [2.45, 2.75) is 6.92 Å². The number of amides is 1. The van der Waals surface area contributed by atoms with Crippen molar-refractivity contribution in [3.8, 4) is 11.5 Å². The second-order valence-electron chi connectivity index (χ2n) is 4.67. The van der Waals surface area contributed by atoms with Gasteiger partial charge in [-0.3, -0.25) is 4.79 Å². The minimum atomic E-state index is -0.347. The summed E-state index contributed by atoms with van der Waals surface area (Å²) in [7, 11) is 1.57. The average molecular weight is 315 g/mol. The summed E-state index contributed by atoms with van der Waals surface area (Å²) in [6.45, 7) is 2.41. The number of carbonyl (C=O) groups excluding carboxylic acids is 1. The van der Waals surface area contributed by atoms with E-state index in [1.807, 2.05) is 13.0 Å². The van der Waals surface area contributed by atoms with Crippen molar-refractivity contribution in [3.63, 3.8) is 0 Å². The molecule has 0 saturated carbocycles. The number of anilines is 1. The molecule has 23 heavy (non-hydrogen) atoms. The molecule has 0 bridgehead atoms. The van der Waals surface area contributed by atoms with Crippen molar-refractivity contribution >= 4 is 17.7 Å². The van der Waals surface area contributed by atoms with Crippen LogP contribution in [-0.4, -0.2) is 19.6 Å². The van der Waals surface area contributed by atoms with Crippen LogP contribution in [0.1, 0.15) is 12.5 Å². The molecule has 4 nitrogen and oxygen atoms in total. The zero-order valence-electron chi connectivity index (χ0n) is 13.0. The molecule has 0 atom stereocenters. The minimum Gasteiger partial charge on any atom is -0.493 e. The van der Waals surface area contributed by atoms with Crippen LogP contribution in [0.4, 0.5) is 10.1 Å². The van der Waals surface area contributed by atoms with Gasteiger partial charge in [0.1, 0.15) is 5.82 Å². The number of halogens is 1. The topological polar surface area (TPSA) is 47.6 Å². The van der Waals surface area contributed by atoms with Crippen molar-refractivity contribution in [2.24, 2.45) is 0 Å². The van der Waals surface area contributed by atoms with Crippen LogP contribution in [0.5, 0.6) is 11.5 Å². The van der Waals surface area contributed by atoms with Gasteiger partial charge in [0.2, 0.25) is 5.91 Å². The first kappa shape index (κ1) is 16.5.